The normalized spacial score (nSPS) is 21.6. The van der Waals surface area contributed by atoms with Crippen LogP contribution < -0.4 is 5.32 Å². The number of hydrogen-bond donors (Lipinski definition) is 2. The first-order valence-corrected chi connectivity index (χ1v) is 6.69. The van der Waals surface area contributed by atoms with E-state index in [1.165, 1.54) is 0 Å². The molecule has 3 amide bonds. The van der Waals surface area contributed by atoms with Crippen LogP contribution >= 0.6 is 0 Å². The van der Waals surface area contributed by atoms with E-state index in [9.17, 15) is 14.7 Å². The number of aryl methyl sites for hydroxylation is 1. The van der Waals surface area contributed by atoms with Crippen molar-refractivity contribution in [2.75, 3.05) is 26.2 Å². The molecule has 1 atom stereocenters. The lowest BCUT2D eigenvalue weighted by atomic mass is 10.1. The van der Waals surface area contributed by atoms with Crippen LogP contribution in [0.5, 0.6) is 5.75 Å². The minimum atomic E-state index is -0.0490. The van der Waals surface area contributed by atoms with Crippen molar-refractivity contribution in [3.63, 3.8) is 0 Å². The maximum absolute atomic E-state index is 12.5. The fraction of sp³-hybridized carbons (Fsp3) is 0.429. The zero-order valence-electron chi connectivity index (χ0n) is 11.3. The Hall–Kier alpha value is -2.24. The molecule has 2 N–H and O–H groups in total. The van der Waals surface area contributed by atoms with E-state index >= 15 is 0 Å². The maximum Gasteiger partial charge on any atom is 0.317 e. The first kappa shape index (κ1) is 12.8. The third-order valence-electron chi connectivity index (χ3n) is 3.96. The van der Waals surface area contributed by atoms with Crippen LogP contribution in [0.3, 0.4) is 0 Å². The zero-order chi connectivity index (χ0) is 14.3. The number of carbonyl (C=O) groups excluding carboxylic acids is 2. The smallest absolute Gasteiger partial charge is 0.317 e. The summed E-state index contributed by atoms with van der Waals surface area (Å²) in [6.45, 7) is 4.03. The Morgan fingerprint density at radius 1 is 1.40 bits per heavy atom. The molecule has 106 valence electrons. The van der Waals surface area contributed by atoms with Crippen LogP contribution in [-0.4, -0.2) is 59.1 Å². The van der Waals surface area contributed by atoms with Gasteiger partial charge in [0.2, 0.25) is 0 Å². The van der Waals surface area contributed by atoms with E-state index in [0.717, 1.165) is 0 Å². The summed E-state index contributed by atoms with van der Waals surface area (Å²) in [7, 11) is 0. The summed E-state index contributed by atoms with van der Waals surface area (Å²) in [5.74, 6) is 0.143. The molecule has 2 heterocycles. The van der Waals surface area contributed by atoms with Crippen molar-refractivity contribution in [2.45, 2.75) is 13.0 Å². The molecule has 0 bridgehead atoms. The second-order valence-corrected chi connectivity index (χ2v) is 5.29. The van der Waals surface area contributed by atoms with Gasteiger partial charge in [0.25, 0.3) is 5.91 Å². The highest BCUT2D eigenvalue weighted by molar-refractivity contribution is 5.95. The minimum absolute atomic E-state index is 0.0393. The Bertz CT molecular complexity index is 573. The van der Waals surface area contributed by atoms with Gasteiger partial charge >= 0.3 is 6.03 Å². The number of urea groups is 1. The molecular weight excluding hydrogens is 258 g/mol. The minimum Gasteiger partial charge on any atom is -0.508 e. The van der Waals surface area contributed by atoms with Crippen molar-refractivity contribution in [2.24, 2.45) is 0 Å². The molecule has 2 fully saturated rings. The van der Waals surface area contributed by atoms with E-state index in [2.05, 4.69) is 5.32 Å². The van der Waals surface area contributed by atoms with E-state index in [1.54, 1.807) is 34.9 Å². The third-order valence-corrected chi connectivity index (χ3v) is 3.96. The average Bonchev–Trinajstić information content (AvgIpc) is 2.82. The van der Waals surface area contributed by atoms with Crippen LogP contribution in [0.15, 0.2) is 18.2 Å². The van der Waals surface area contributed by atoms with Crippen molar-refractivity contribution in [1.29, 1.82) is 0 Å². The molecule has 0 spiro atoms. The summed E-state index contributed by atoms with van der Waals surface area (Å²) in [4.78, 5) is 27.5. The highest BCUT2D eigenvalue weighted by Crippen LogP contribution is 2.20. The first-order valence-electron chi connectivity index (χ1n) is 6.69. The number of nitrogens with one attached hydrogen (secondary N) is 1. The second kappa shape index (κ2) is 4.70. The number of phenols is 1. The van der Waals surface area contributed by atoms with Crippen molar-refractivity contribution >= 4 is 11.9 Å². The van der Waals surface area contributed by atoms with Gasteiger partial charge in [0, 0.05) is 31.7 Å². The number of benzene rings is 1. The molecule has 1 aromatic rings. The molecule has 20 heavy (non-hydrogen) atoms. The van der Waals surface area contributed by atoms with Crippen molar-refractivity contribution < 1.29 is 14.7 Å². The number of carbonyl (C=O) groups is 2. The van der Waals surface area contributed by atoms with Gasteiger partial charge in [0.1, 0.15) is 5.75 Å². The van der Waals surface area contributed by atoms with Crippen molar-refractivity contribution in [1.82, 2.24) is 15.1 Å². The molecule has 1 unspecified atom stereocenters. The van der Waals surface area contributed by atoms with Crippen LogP contribution in [0.1, 0.15) is 15.9 Å². The van der Waals surface area contributed by atoms with Gasteiger partial charge in [0.15, 0.2) is 0 Å². The van der Waals surface area contributed by atoms with Gasteiger partial charge in [-0.25, -0.2) is 4.79 Å². The number of aromatic hydroxyl groups is 1. The Labute approximate surface area is 117 Å². The molecule has 2 saturated heterocycles. The number of phenolic OH excluding ortho intramolecular Hbond substituents is 1. The predicted octanol–water partition coefficient (Wildman–Crippen LogP) is 0.550. The summed E-state index contributed by atoms with van der Waals surface area (Å²) in [5, 5.41) is 12.3. The van der Waals surface area contributed by atoms with Gasteiger partial charge in [-0.1, -0.05) is 0 Å². The molecule has 0 aromatic heterocycles. The molecule has 2 aliphatic rings. The highest BCUT2D eigenvalue weighted by Gasteiger charge is 2.37. The SMILES string of the molecule is Cc1cc(C(=O)N2CCN3C(=O)NCC3C2)ccc1O. The summed E-state index contributed by atoms with van der Waals surface area (Å²) < 4.78 is 0. The molecular formula is C14H17N3O3. The third kappa shape index (κ3) is 2.07. The maximum atomic E-state index is 12.5. The lowest BCUT2D eigenvalue weighted by Crippen LogP contribution is -2.53. The summed E-state index contributed by atoms with van der Waals surface area (Å²) in [5.41, 5.74) is 1.26. The van der Waals surface area contributed by atoms with Crippen LogP contribution in [-0.2, 0) is 0 Å². The van der Waals surface area contributed by atoms with Crippen molar-refractivity contribution in [3.8, 4) is 5.75 Å². The average molecular weight is 275 g/mol. The van der Waals surface area contributed by atoms with Gasteiger partial charge in [-0.2, -0.15) is 0 Å². The Morgan fingerprint density at radius 3 is 2.95 bits per heavy atom. The van der Waals surface area contributed by atoms with Crippen molar-refractivity contribution in [3.05, 3.63) is 29.3 Å². The molecule has 2 aliphatic heterocycles. The molecule has 1 aromatic carbocycles. The van der Waals surface area contributed by atoms with Crippen LogP contribution in [0, 0.1) is 6.92 Å². The number of piperazine rings is 1. The van der Waals surface area contributed by atoms with Gasteiger partial charge in [-0.3, -0.25) is 4.79 Å². The number of amides is 3. The number of nitrogens with zero attached hydrogens (tertiary/aromatic N) is 2. The lowest BCUT2D eigenvalue weighted by molar-refractivity contribution is 0.0617. The van der Waals surface area contributed by atoms with E-state index in [-0.39, 0.29) is 23.7 Å². The largest absolute Gasteiger partial charge is 0.508 e. The molecule has 0 saturated carbocycles. The molecule has 0 aliphatic carbocycles. The van der Waals surface area contributed by atoms with Crippen LogP contribution in [0.2, 0.25) is 0 Å². The first-order chi connectivity index (χ1) is 9.56. The highest BCUT2D eigenvalue weighted by atomic mass is 16.3. The lowest BCUT2D eigenvalue weighted by Gasteiger charge is -2.36. The zero-order valence-corrected chi connectivity index (χ0v) is 11.3. The summed E-state index contributed by atoms with van der Waals surface area (Å²) in [6, 6.07) is 4.90. The Kier molecular flexibility index (Phi) is 3.00. The standard InChI is InChI=1S/C14H17N3O3/c1-9-6-10(2-3-12(9)18)13(19)16-4-5-17-11(8-16)7-15-14(17)20/h2-3,6,11,18H,4-5,7-8H2,1H3,(H,15,20). The van der Waals surface area contributed by atoms with E-state index in [4.69, 9.17) is 0 Å². The number of hydrogen-bond acceptors (Lipinski definition) is 3. The van der Waals surface area contributed by atoms with E-state index in [1.807, 2.05) is 0 Å². The molecule has 0 radical (unpaired) electrons. The quantitative estimate of drug-likeness (QED) is 0.786. The summed E-state index contributed by atoms with van der Waals surface area (Å²) >= 11 is 0. The van der Waals surface area contributed by atoms with E-state index < -0.39 is 0 Å². The van der Waals surface area contributed by atoms with Gasteiger partial charge in [0.05, 0.1) is 6.04 Å². The molecule has 6 nitrogen and oxygen atoms in total. The van der Waals surface area contributed by atoms with Gasteiger partial charge < -0.3 is 20.2 Å². The number of fused-ring (bicyclic) bond motifs is 1. The fourth-order valence-corrected chi connectivity index (χ4v) is 2.76. The van der Waals surface area contributed by atoms with Crippen LogP contribution in [0.4, 0.5) is 4.79 Å². The molecule has 3 rings (SSSR count). The van der Waals surface area contributed by atoms with Gasteiger partial charge in [-0.15, -0.1) is 0 Å². The second-order valence-electron chi connectivity index (χ2n) is 5.29. The fourth-order valence-electron chi connectivity index (χ4n) is 2.76. The number of rotatable bonds is 1. The van der Waals surface area contributed by atoms with Gasteiger partial charge in [-0.05, 0) is 30.7 Å². The molecule has 6 heteroatoms. The predicted molar refractivity (Wildman–Crippen MR) is 72.6 cm³/mol. The van der Waals surface area contributed by atoms with E-state index in [0.29, 0.717) is 37.3 Å². The monoisotopic (exact) mass is 275 g/mol. The summed E-state index contributed by atoms with van der Waals surface area (Å²) in [6.07, 6.45) is 0. The topological polar surface area (TPSA) is 72.9 Å². The Morgan fingerprint density at radius 2 is 2.20 bits per heavy atom. The Balaban J connectivity index is 1.75. The van der Waals surface area contributed by atoms with Crippen LogP contribution in [0.25, 0.3) is 0 Å².